The largest absolute Gasteiger partial charge is 0.439 e. The van der Waals surface area contributed by atoms with Gasteiger partial charge in [0.15, 0.2) is 6.61 Å². The van der Waals surface area contributed by atoms with E-state index in [-0.39, 0.29) is 29.9 Å². The molecule has 0 radical (unpaired) electrons. The Labute approximate surface area is 122 Å². The lowest BCUT2D eigenvalue weighted by Gasteiger charge is -2.38. The molecule has 3 rings (SSSR count). The quantitative estimate of drug-likeness (QED) is 0.798. The number of cyclic esters (lactones) is 1. The third-order valence-electron chi connectivity index (χ3n) is 3.59. The number of benzene rings is 1. The topological polar surface area (TPSA) is 84.0 Å². The van der Waals surface area contributed by atoms with Crippen molar-refractivity contribution >= 4 is 22.0 Å². The second kappa shape index (κ2) is 5.12. The average Bonchev–Trinajstić information content (AvgIpc) is 2.74. The van der Waals surface area contributed by atoms with Gasteiger partial charge in [0.05, 0.1) is 4.90 Å². The molecule has 0 N–H and O–H groups in total. The standard InChI is InChI=1S/C13H14N2O5S/c16-12-9-20-13(17)15(12)8-10-6-14(7-10)21(18,19)11-4-2-1-3-5-11/h1-5,10H,6-9H2. The number of carbonyl (C=O) groups is 2. The lowest BCUT2D eigenvalue weighted by atomic mass is 10.0. The Kier molecular flexibility index (Phi) is 3.42. The van der Waals surface area contributed by atoms with Crippen LogP contribution >= 0.6 is 0 Å². The van der Waals surface area contributed by atoms with Crippen LogP contribution in [-0.4, -0.2) is 55.9 Å². The highest BCUT2D eigenvalue weighted by Gasteiger charge is 2.41. The van der Waals surface area contributed by atoms with Crippen molar-refractivity contribution in [3.8, 4) is 0 Å². The molecule has 0 unspecified atom stereocenters. The van der Waals surface area contributed by atoms with E-state index in [0.717, 1.165) is 4.90 Å². The lowest BCUT2D eigenvalue weighted by molar-refractivity contribution is -0.126. The van der Waals surface area contributed by atoms with Gasteiger partial charge in [-0.05, 0) is 12.1 Å². The van der Waals surface area contributed by atoms with E-state index in [0.29, 0.717) is 13.1 Å². The van der Waals surface area contributed by atoms with Crippen LogP contribution in [0.1, 0.15) is 0 Å². The van der Waals surface area contributed by atoms with Gasteiger partial charge >= 0.3 is 6.09 Å². The fraction of sp³-hybridized carbons (Fsp3) is 0.385. The predicted octanol–water partition coefficient (Wildman–Crippen LogP) is 0.286. The van der Waals surface area contributed by atoms with Crippen LogP contribution in [0.25, 0.3) is 0 Å². The number of hydrogen-bond acceptors (Lipinski definition) is 5. The molecule has 2 fully saturated rings. The van der Waals surface area contributed by atoms with E-state index >= 15 is 0 Å². The summed E-state index contributed by atoms with van der Waals surface area (Å²) in [4.78, 5) is 24.0. The molecule has 0 spiro atoms. The Morgan fingerprint density at radius 3 is 2.38 bits per heavy atom. The third-order valence-corrected chi connectivity index (χ3v) is 5.43. The highest BCUT2D eigenvalue weighted by Crippen LogP contribution is 2.26. The number of hydrogen-bond donors (Lipinski definition) is 0. The molecule has 8 heteroatoms. The molecule has 1 aromatic carbocycles. The van der Waals surface area contributed by atoms with Crippen LogP contribution in [0.2, 0.25) is 0 Å². The summed E-state index contributed by atoms with van der Waals surface area (Å²) in [5.41, 5.74) is 0. The van der Waals surface area contributed by atoms with E-state index in [1.165, 1.54) is 4.31 Å². The normalized spacial score (nSPS) is 20.5. The van der Waals surface area contributed by atoms with Gasteiger partial charge in [-0.2, -0.15) is 4.31 Å². The van der Waals surface area contributed by atoms with Crippen molar-refractivity contribution in [1.29, 1.82) is 0 Å². The highest BCUT2D eigenvalue weighted by molar-refractivity contribution is 7.89. The van der Waals surface area contributed by atoms with Crippen molar-refractivity contribution in [2.75, 3.05) is 26.2 Å². The first kappa shape index (κ1) is 14.0. The van der Waals surface area contributed by atoms with Crippen molar-refractivity contribution < 1.29 is 22.7 Å². The molecule has 21 heavy (non-hydrogen) atoms. The fourth-order valence-corrected chi connectivity index (χ4v) is 4.00. The molecule has 2 heterocycles. The van der Waals surface area contributed by atoms with Crippen molar-refractivity contribution in [2.24, 2.45) is 5.92 Å². The molecule has 112 valence electrons. The zero-order valence-corrected chi connectivity index (χ0v) is 12.0. The van der Waals surface area contributed by atoms with Crippen LogP contribution in [0.15, 0.2) is 35.2 Å². The molecule has 0 atom stereocenters. The Morgan fingerprint density at radius 2 is 1.81 bits per heavy atom. The number of rotatable bonds is 4. The maximum atomic E-state index is 12.3. The third kappa shape index (κ3) is 2.52. The summed E-state index contributed by atoms with van der Waals surface area (Å²) in [6.45, 7) is 0.582. The Balaban J connectivity index is 1.61. The van der Waals surface area contributed by atoms with E-state index in [9.17, 15) is 18.0 Å². The molecule has 0 saturated carbocycles. The molecule has 7 nitrogen and oxygen atoms in total. The van der Waals surface area contributed by atoms with Crippen molar-refractivity contribution in [3.05, 3.63) is 30.3 Å². The molecule has 2 saturated heterocycles. The molecule has 1 aromatic rings. The Hall–Kier alpha value is -1.93. The van der Waals surface area contributed by atoms with Gasteiger partial charge in [0.1, 0.15) is 0 Å². The van der Waals surface area contributed by atoms with Crippen molar-refractivity contribution in [1.82, 2.24) is 9.21 Å². The molecular weight excluding hydrogens is 296 g/mol. The number of amides is 2. The summed E-state index contributed by atoms with van der Waals surface area (Å²) < 4.78 is 30.5. The summed E-state index contributed by atoms with van der Waals surface area (Å²) in [5, 5.41) is 0. The van der Waals surface area contributed by atoms with Crippen LogP contribution in [0, 0.1) is 5.92 Å². The molecule has 0 aromatic heterocycles. The second-order valence-corrected chi connectivity index (χ2v) is 7.00. The molecule has 2 aliphatic rings. The Bertz CT molecular complexity index is 651. The molecule has 0 aliphatic carbocycles. The smallest absolute Gasteiger partial charge is 0.417 e. The van der Waals surface area contributed by atoms with Crippen LogP contribution in [-0.2, 0) is 19.6 Å². The molecular formula is C13H14N2O5S. The van der Waals surface area contributed by atoms with Gasteiger partial charge in [-0.25, -0.2) is 18.1 Å². The monoisotopic (exact) mass is 310 g/mol. The number of sulfonamides is 1. The Morgan fingerprint density at radius 1 is 1.14 bits per heavy atom. The minimum atomic E-state index is -3.48. The SMILES string of the molecule is O=C1COC(=O)N1CC1CN(S(=O)(=O)c2ccccc2)C1. The minimum Gasteiger partial charge on any atom is -0.439 e. The second-order valence-electron chi connectivity index (χ2n) is 5.06. The summed E-state index contributed by atoms with van der Waals surface area (Å²) >= 11 is 0. The van der Waals surface area contributed by atoms with Gasteiger partial charge in [-0.1, -0.05) is 18.2 Å². The maximum absolute atomic E-state index is 12.3. The molecule has 2 aliphatic heterocycles. The molecule has 2 amide bonds. The van der Waals surface area contributed by atoms with Crippen LogP contribution < -0.4 is 0 Å². The van der Waals surface area contributed by atoms with E-state index < -0.39 is 16.1 Å². The predicted molar refractivity (Wildman–Crippen MR) is 71.8 cm³/mol. The summed E-state index contributed by atoms with van der Waals surface area (Å²) in [5.74, 6) is -0.414. The first-order chi connectivity index (χ1) is 9.98. The lowest BCUT2D eigenvalue weighted by Crippen LogP contribution is -2.54. The van der Waals surface area contributed by atoms with Crippen molar-refractivity contribution in [3.63, 3.8) is 0 Å². The van der Waals surface area contributed by atoms with Crippen LogP contribution in [0.4, 0.5) is 4.79 Å². The summed E-state index contributed by atoms with van der Waals surface area (Å²) in [6.07, 6.45) is -0.649. The van der Waals surface area contributed by atoms with Gasteiger partial charge in [0.2, 0.25) is 10.0 Å². The zero-order valence-electron chi connectivity index (χ0n) is 11.1. The average molecular weight is 310 g/mol. The van der Waals surface area contributed by atoms with Gasteiger partial charge in [-0.15, -0.1) is 0 Å². The number of ether oxygens (including phenoxy) is 1. The van der Waals surface area contributed by atoms with Gasteiger partial charge < -0.3 is 4.74 Å². The zero-order chi connectivity index (χ0) is 15.0. The summed E-state index contributed by atoms with van der Waals surface area (Å²) in [7, 11) is -3.48. The van der Waals surface area contributed by atoms with Gasteiger partial charge in [0.25, 0.3) is 5.91 Å². The number of nitrogens with zero attached hydrogens (tertiary/aromatic N) is 2. The first-order valence-corrected chi connectivity index (χ1v) is 7.95. The number of carbonyl (C=O) groups excluding carboxylic acids is 2. The van der Waals surface area contributed by atoms with E-state index in [1.807, 2.05) is 0 Å². The van der Waals surface area contributed by atoms with Crippen LogP contribution in [0.5, 0.6) is 0 Å². The summed E-state index contributed by atoms with van der Waals surface area (Å²) in [6, 6.07) is 8.18. The minimum absolute atomic E-state index is 0.0434. The van der Waals surface area contributed by atoms with E-state index in [1.54, 1.807) is 30.3 Å². The maximum Gasteiger partial charge on any atom is 0.417 e. The van der Waals surface area contributed by atoms with E-state index in [2.05, 4.69) is 4.74 Å². The van der Waals surface area contributed by atoms with E-state index in [4.69, 9.17) is 0 Å². The number of imide groups is 1. The van der Waals surface area contributed by atoms with Crippen molar-refractivity contribution in [2.45, 2.75) is 4.90 Å². The van der Waals surface area contributed by atoms with Crippen LogP contribution in [0.3, 0.4) is 0 Å². The van der Waals surface area contributed by atoms with Gasteiger partial charge in [-0.3, -0.25) is 4.79 Å². The fourth-order valence-electron chi connectivity index (χ4n) is 2.39. The highest BCUT2D eigenvalue weighted by atomic mass is 32.2. The van der Waals surface area contributed by atoms with Gasteiger partial charge in [0, 0.05) is 25.6 Å². The molecule has 0 bridgehead atoms. The first-order valence-electron chi connectivity index (χ1n) is 6.51.